The Morgan fingerprint density at radius 1 is 1.42 bits per heavy atom. The normalized spacial score (nSPS) is 17.5. The smallest absolute Gasteiger partial charge is 0.254 e. The predicted octanol–water partition coefficient (Wildman–Crippen LogP) is 2.79. The molecule has 1 aliphatic rings. The molecule has 26 heavy (non-hydrogen) atoms. The van der Waals surface area contributed by atoms with Gasteiger partial charge in [-0.25, -0.2) is 9.37 Å². The Morgan fingerprint density at radius 2 is 2.15 bits per heavy atom. The van der Waals surface area contributed by atoms with Crippen molar-refractivity contribution in [2.45, 2.75) is 19.9 Å². The number of aryl methyl sites for hydroxylation is 1. The average Bonchev–Trinajstić information content (AvgIpc) is 3.05. The number of benzene rings is 1. The molecule has 1 saturated heterocycles. The van der Waals surface area contributed by atoms with Gasteiger partial charge in [-0.2, -0.15) is 4.37 Å². The fourth-order valence-electron chi connectivity index (χ4n) is 2.71. The minimum Gasteiger partial charge on any atom is -0.327 e. The van der Waals surface area contributed by atoms with Gasteiger partial charge in [-0.15, -0.1) is 0 Å². The number of carbonyl (C=O) groups excluding carboxylic acids is 1. The Balaban J connectivity index is 1.78. The minimum absolute atomic E-state index is 0.101. The van der Waals surface area contributed by atoms with E-state index in [0.29, 0.717) is 23.9 Å². The molecule has 0 bridgehead atoms. The van der Waals surface area contributed by atoms with Crippen molar-refractivity contribution in [3.05, 3.63) is 45.4 Å². The zero-order chi connectivity index (χ0) is 19.0. The van der Waals surface area contributed by atoms with E-state index in [1.165, 1.54) is 21.9 Å². The van der Waals surface area contributed by atoms with E-state index in [1.54, 1.807) is 13.8 Å². The van der Waals surface area contributed by atoms with E-state index in [2.05, 4.69) is 9.36 Å². The van der Waals surface area contributed by atoms with Crippen LogP contribution in [-0.2, 0) is 0 Å². The van der Waals surface area contributed by atoms with E-state index >= 15 is 0 Å². The minimum atomic E-state index is -0.588. The van der Waals surface area contributed by atoms with Crippen LogP contribution < -0.4 is 0 Å². The van der Waals surface area contributed by atoms with Crippen molar-refractivity contribution >= 4 is 40.7 Å². The molecular formula is C16H16ClFN6OS. The van der Waals surface area contributed by atoms with Crippen LogP contribution in [0.2, 0.25) is 5.02 Å². The second-order valence-corrected chi connectivity index (χ2v) is 6.99. The summed E-state index contributed by atoms with van der Waals surface area (Å²) in [5.74, 6) is -0.118. The molecule has 1 fully saturated rings. The molecule has 3 rings (SSSR count). The zero-order valence-electron chi connectivity index (χ0n) is 14.1. The van der Waals surface area contributed by atoms with Gasteiger partial charge in [-0.05, 0) is 43.6 Å². The van der Waals surface area contributed by atoms with Gasteiger partial charge in [0.2, 0.25) is 0 Å². The summed E-state index contributed by atoms with van der Waals surface area (Å²) < 4.78 is 17.4. The maximum absolute atomic E-state index is 13.3. The molecule has 0 aliphatic carbocycles. The lowest BCUT2D eigenvalue weighted by Crippen LogP contribution is -2.58. The third kappa shape index (κ3) is 3.32. The third-order valence-corrected chi connectivity index (χ3v) is 5.25. The second kappa shape index (κ2) is 7.08. The topological polar surface area (TPSA) is 97.0 Å². The van der Waals surface area contributed by atoms with Gasteiger partial charge in [0.1, 0.15) is 17.5 Å². The van der Waals surface area contributed by atoms with Crippen molar-refractivity contribution in [1.29, 1.82) is 10.8 Å². The molecule has 1 aromatic carbocycles. The number of halogens is 2. The van der Waals surface area contributed by atoms with Crippen molar-refractivity contribution in [2.24, 2.45) is 0 Å². The van der Waals surface area contributed by atoms with E-state index in [4.69, 9.17) is 22.4 Å². The molecule has 1 unspecified atom stereocenters. The Hall–Kier alpha value is -2.39. The first-order valence-corrected chi connectivity index (χ1v) is 8.96. The van der Waals surface area contributed by atoms with E-state index in [1.807, 2.05) is 0 Å². The number of hydrogen-bond donors (Lipinski definition) is 2. The lowest BCUT2D eigenvalue weighted by atomic mass is 10.1. The summed E-state index contributed by atoms with van der Waals surface area (Å²) in [5, 5.41) is 17.0. The van der Waals surface area contributed by atoms with E-state index < -0.39 is 11.9 Å². The van der Waals surface area contributed by atoms with Crippen molar-refractivity contribution in [3.8, 4) is 0 Å². The maximum atomic E-state index is 13.3. The number of piperazine rings is 1. The van der Waals surface area contributed by atoms with Crippen molar-refractivity contribution in [1.82, 2.24) is 19.2 Å². The number of nitrogens with zero attached hydrogens (tertiary/aromatic N) is 4. The van der Waals surface area contributed by atoms with Crippen molar-refractivity contribution in [2.75, 3.05) is 13.1 Å². The van der Waals surface area contributed by atoms with Crippen LogP contribution in [0.25, 0.3) is 0 Å². The number of amidine groups is 2. The number of carbonyl (C=O) groups is 1. The van der Waals surface area contributed by atoms with Crippen LogP contribution in [0.5, 0.6) is 0 Å². The molecule has 2 N–H and O–H groups in total. The molecule has 1 aliphatic heterocycles. The monoisotopic (exact) mass is 394 g/mol. The van der Waals surface area contributed by atoms with Gasteiger partial charge in [0.25, 0.3) is 5.91 Å². The number of rotatable bonds is 2. The van der Waals surface area contributed by atoms with Crippen LogP contribution in [-0.4, -0.2) is 55.9 Å². The summed E-state index contributed by atoms with van der Waals surface area (Å²) in [6, 6.07) is 3.26. The summed E-state index contributed by atoms with van der Waals surface area (Å²) in [6.45, 7) is 4.07. The lowest BCUT2D eigenvalue weighted by Gasteiger charge is -2.40. The van der Waals surface area contributed by atoms with Crippen LogP contribution in [0.1, 0.15) is 28.1 Å². The fourth-order valence-corrected chi connectivity index (χ4v) is 3.52. The van der Waals surface area contributed by atoms with Gasteiger partial charge in [0.05, 0.1) is 11.1 Å². The number of nitrogens with one attached hydrogen (secondary N) is 2. The molecule has 0 spiro atoms. The molecule has 1 amide bonds. The second-order valence-electron chi connectivity index (χ2n) is 5.84. The lowest BCUT2D eigenvalue weighted by molar-refractivity contribution is 0.0701. The van der Waals surface area contributed by atoms with Crippen LogP contribution in [0.4, 0.5) is 4.39 Å². The summed E-state index contributed by atoms with van der Waals surface area (Å²) in [4.78, 5) is 19.9. The molecule has 7 nitrogen and oxygen atoms in total. The standard InChI is InChI=1S/C16H16ClFN6OS/c1-8-13(19)24(14(20)15-21-9(2)22-26-15)6-5-23(8)16(25)10-3-4-12(18)11(17)7-10/h3-4,7-8,19-20H,5-6H2,1-2H3. The van der Waals surface area contributed by atoms with Crippen LogP contribution in [0.3, 0.4) is 0 Å². The maximum Gasteiger partial charge on any atom is 0.254 e. The predicted molar refractivity (Wildman–Crippen MR) is 97.8 cm³/mol. The fraction of sp³-hybridized carbons (Fsp3) is 0.312. The molecule has 1 aromatic heterocycles. The van der Waals surface area contributed by atoms with Crippen molar-refractivity contribution in [3.63, 3.8) is 0 Å². The molecule has 10 heteroatoms. The largest absolute Gasteiger partial charge is 0.327 e. The molecule has 0 radical (unpaired) electrons. The van der Waals surface area contributed by atoms with Crippen molar-refractivity contribution < 1.29 is 9.18 Å². The van der Waals surface area contributed by atoms with Crippen LogP contribution in [0.15, 0.2) is 18.2 Å². The van der Waals surface area contributed by atoms with Gasteiger partial charge in [-0.1, -0.05) is 11.6 Å². The Labute approximate surface area is 158 Å². The van der Waals surface area contributed by atoms with Gasteiger partial charge in [-0.3, -0.25) is 15.6 Å². The summed E-state index contributed by atoms with van der Waals surface area (Å²) >= 11 is 6.87. The van der Waals surface area contributed by atoms with Gasteiger partial charge >= 0.3 is 0 Å². The van der Waals surface area contributed by atoms with Crippen LogP contribution in [0, 0.1) is 23.6 Å². The molecule has 136 valence electrons. The zero-order valence-corrected chi connectivity index (χ0v) is 15.7. The molecule has 2 aromatic rings. The highest BCUT2D eigenvalue weighted by Crippen LogP contribution is 2.21. The van der Waals surface area contributed by atoms with Crippen LogP contribution >= 0.6 is 23.1 Å². The highest BCUT2D eigenvalue weighted by molar-refractivity contribution is 7.07. The summed E-state index contributed by atoms with van der Waals surface area (Å²) in [7, 11) is 0. The highest BCUT2D eigenvalue weighted by atomic mass is 35.5. The first-order chi connectivity index (χ1) is 12.3. The Kier molecular flexibility index (Phi) is 5.01. The molecule has 1 atom stereocenters. The SMILES string of the molecule is Cc1nsc(C(=N)N2CCN(C(=O)c3ccc(F)c(Cl)c3)C(C)C2=N)n1. The molecular weight excluding hydrogens is 379 g/mol. The average molecular weight is 395 g/mol. The van der Waals surface area contributed by atoms with Gasteiger partial charge < -0.3 is 9.80 Å². The van der Waals surface area contributed by atoms with E-state index in [-0.39, 0.29) is 28.2 Å². The number of aromatic nitrogens is 2. The summed E-state index contributed by atoms with van der Waals surface area (Å²) in [5.41, 5.74) is 0.263. The van der Waals surface area contributed by atoms with E-state index in [0.717, 1.165) is 17.6 Å². The molecule has 2 heterocycles. The van der Waals surface area contributed by atoms with Gasteiger partial charge in [0, 0.05) is 18.7 Å². The Bertz CT molecular complexity index is 901. The quantitative estimate of drug-likeness (QED) is 0.604. The number of amides is 1. The third-order valence-electron chi connectivity index (χ3n) is 4.15. The van der Waals surface area contributed by atoms with Gasteiger partial charge in [0.15, 0.2) is 10.8 Å². The molecule has 0 saturated carbocycles. The highest BCUT2D eigenvalue weighted by Gasteiger charge is 2.35. The van der Waals surface area contributed by atoms with E-state index in [9.17, 15) is 9.18 Å². The Morgan fingerprint density at radius 3 is 2.77 bits per heavy atom. The summed E-state index contributed by atoms with van der Waals surface area (Å²) in [6.07, 6.45) is 0. The first kappa shape index (κ1) is 18.4. The number of hydrogen-bond acceptors (Lipinski definition) is 6. The first-order valence-electron chi connectivity index (χ1n) is 7.81.